The van der Waals surface area contributed by atoms with E-state index in [0.29, 0.717) is 24.2 Å². The summed E-state index contributed by atoms with van der Waals surface area (Å²) in [5, 5.41) is 3.84. The SMILES string of the molecule is O=c1ccncn1Cc1noc(C2CC2)n1. The number of hydrogen-bond donors (Lipinski definition) is 0. The molecule has 0 N–H and O–H groups in total. The van der Waals surface area contributed by atoms with E-state index in [0.717, 1.165) is 12.8 Å². The summed E-state index contributed by atoms with van der Waals surface area (Å²) in [6.07, 6.45) is 5.17. The summed E-state index contributed by atoms with van der Waals surface area (Å²) < 4.78 is 6.55. The van der Waals surface area contributed by atoms with Crippen molar-refractivity contribution in [3.63, 3.8) is 0 Å². The van der Waals surface area contributed by atoms with Crippen LogP contribution in [0, 0.1) is 0 Å². The lowest BCUT2D eigenvalue weighted by molar-refractivity contribution is 0.372. The maximum atomic E-state index is 11.4. The van der Waals surface area contributed by atoms with E-state index in [1.807, 2.05) is 0 Å². The predicted octanol–water partition coefficient (Wildman–Crippen LogP) is 0.552. The molecule has 0 unspecified atom stereocenters. The van der Waals surface area contributed by atoms with E-state index in [1.54, 1.807) is 0 Å². The number of nitrogens with zero attached hydrogens (tertiary/aromatic N) is 4. The van der Waals surface area contributed by atoms with E-state index < -0.39 is 0 Å². The molecule has 0 amide bonds. The van der Waals surface area contributed by atoms with E-state index in [-0.39, 0.29) is 5.56 Å². The molecule has 0 aliphatic heterocycles. The smallest absolute Gasteiger partial charge is 0.253 e. The van der Waals surface area contributed by atoms with Crippen molar-refractivity contribution in [2.75, 3.05) is 0 Å². The lowest BCUT2D eigenvalue weighted by atomic mass is 10.4. The van der Waals surface area contributed by atoms with Crippen LogP contribution in [-0.2, 0) is 6.54 Å². The van der Waals surface area contributed by atoms with Crippen molar-refractivity contribution in [3.8, 4) is 0 Å². The van der Waals surface area contributed by atoms with Crippen molar-refractivity contribution in [2.24, 2.45) is 0 Å². The zero-order valence-corrected chi connectivity index (χ0v) is 8.54. The van der Waals surface area contributed by atoms with Crippen molar-refractivity contribution in [1.29, 1.82) is 0 Å². The summed E-state index contributed by atoms with van der Waals surface area (Å²) >= 11 is 0. The quantitative estimate of drug-likeness (QED) is 0.752. The molecule has 0 radical (unpaired) electrons. The fraction of sp³-hybridized carbons (Fsp3) is 0.400. The Hall–Kier alpha value is -1.98. The Morgan fingerprint density at radius 2 is 2.38 bits per heavy atom. The van der Waals surface area contributed by atoms with Crippen LogP contribution < -0.4 is 5.56 Å². The van der Waals surface area contributed by atoms with Gasteiger partial charge in [-0.1, -0.05) is 5.16 Å². The second-order valence-electron chi connectivity index (χ2n) is 3.87. The zero-order chi connectivity index (χ0) is 11.0. The van der Waals surface area contributed by atoms with Crippen molar-refractivity contribution in [3.05, 3.63) is 40.7 Å². The topological polar surface area (TPSA) is 73.8 Å². The second-order valence-corrected chi connectivity index (χ2v) is 3.87. The molecule has 2 aromatic rings. The largest absolute Gasteiger partial charge is 0.339 e. The van der Waals surface area contributed by atoms with Crippen molar-refractivity contribution in [2.45, 2.75) is 25.3 Å². The van der Waals surface area contributed by atoms with Gasteiger partial charge in [-0.3, -0.25) is 9.36 Å². The molecule has 0 saturated heterocycles. The number of rotatable bonds is 3. The van der Waals surface area contributed by atoms with E-state index in [9.17, 15) is 4.79 Å². The van der Waals surface area contributed by atoms with Crippen LogP contribution in [0.3, 0.4) is 0 Å². The van der Waals surface area contributed by atoms with Gasteiger partial charge in [0.25, 0.3) is 5.56 Å². The van der Waals surface area contributed by atoms with Gasteiger partial charge < -0.3 is 4.52 Å². The first-order chi connectivity index (χ1) is 7.83. The van der Waals surface area contributed by atoms with E-state index in [2.05, 4.69) is 15.1 Å². The highest BCUT2D eigenvalue weighted by atomic mass is 16.5. The first-order valence-corrected chi connectivity index (χ1v) is 5.16. The average Bonchev–Trinajstić information content (AvgIpc) is 3.03. The van der Waals surface area contributed by atoms with Crippen LogP contribution in [0.5, 0.6) is 0 Å². The van der Waals surface area contributed by atoms with E-state index in [1.165, 1.54) is 23.2 Å². The van der Waals surface area contributed by atoms with E-state index in [4.69, 9.17) is 4.52 Å². The van der Waals surface area contributed by atoms with Crippen LogP contribution in [0.4, 0.5) is 0 Å². The van der Waals surface area contributed by atoms with Gasteiger partial charge in [-0.25, -0.2) is 4.98 Å². The molecule has 2 heterocycles. The van der Waals surface area contributed by atoms with Crippen molar-refractivity contribution < 1.29 is 4.52 Å². The maximum Gasteiger partial charge on any atom is 0.253 e. The summed E-state index contributed by atoms with van der Waals surface area (Å²) in [6, 6.07) is 1.40. The summed E-state index contributed by atoms with van der Waals surface area (Å²) in [6.45, 7) is 0.308. The standard InChI is InChI=1S/C10H10N4O2/c15-9-3-4-11-6-14(9)5-8-12-10(16-13-8)7-1-2-7/h3-4,6-7H,1-2,5H2. The fourth-order valence-corrected chi connectivity index (χ4v) is 1.48. The number of aromatic nitrogens is 4. The minimum atomic E-state index is -0.118. The van der Waals surface area contributed by atoms with Crippen LogP contribution >= 0.6 is 0 Å². The van der Waals surface area contributed by atoms with Gasteiger partial charge in [0.1, 0.15) is 0 Å². The normalized spacial score (nSPS) is 15.2. The summed E-state index contributed by atoms with van der Waals surface area (Å²) in [5.41, 5.74) is -0.118. The van der Waals surface area contributed by atoms with E-state index >= 15 is 0 Å². The molecule has 0 aromatic carbocycles. The molecule has 3 rings (SSSR count). The Morgan fingerprint density at radius 3 is 3.12 bits per heavy atom. The third-order valence-electron chi connectivity index (χ3n) is 2.51. The Morgan fingerprint density at radius 1 is 1.50 bits per heavy atom. The maximum absolute atomic E-state index is 11.4. The van der Waals surface area contributed by atoms with Gasteiger partial charge in [0.05, 0.1) is 12.9 Å². The fourth-order valence-electron chi connectivity index (χ4n) is 1.48. The molecule has 1 fully saturated rings. The van der Waals surface area contributed by atoms with Crippen molar-refractivity contribution in [1.82, 2.24) is 19.7 Å². The lowest BCUT2D eigenvalue weighted by Crippen LogP contribution is -2.19. The van der Waals surface area contributed by atoms with Gasteiger partial charge in [-0.05, 0) is 12.8 Å². The van der Waals surface area contributed by atoms with Gasteiger partial charge in [0.15, 0.2) is 5.82 Å². The first-order valence-electron chi connectivity index (χ1n) is 5.16. The van der Waals surface area contributed by atoms with Crippen LogP contribution in [0.15, 0.2) is 27.9 Å². The molecule has 6 heteroatoms. The molecule has 2 aromatic heterocycles. The highest BCUT2D eigenvalue weighted by Crippen LogP contribution is 2.38. The average molecular weight is 218 g/mol. The molecule has 6 nitrogen and oxygen atoms in total. The summed E-state index contributed by atoms with van der Waals surface area (Å²) in [4.78, 5) is 19.5. The minimum Gasteiger partial charge on any atom is -0.339 e. The number of hydrogen-bond acceptors (Lipinski definition) is 5. The molecular formula is C10H10N4O2. The molecule has 1 aliphatic carbocycles. The summed E-state index contributed by atoms with van der Waals surface area (Å²) in [5.74, 6) is 1.65. The third-order valence-corrected chi connectivity index (χ3v) is 2.51. The molecule has 82 valence electrons. The molecule has 1 saturated carbocycles. The van der Waals surface area contributed by atoms with Gasteiger partial charge in [0, 0.05) is 18.2 Å². The highest BCUT2D eigenvalue weighted by Gasteiger charge is 2.29. The first kappa shape index (κ1) is 9.26. The molecule has 0 spiro atoms. The third kappa shape index (κ3) is 1.73. The molecular weight excluding hydrogens is 208 g/mol. The van der Waals surface area contributed by atoms with Crippen LogP contribution in [-0.4, -0.2) is 19.7 Å². The van der Waals surface area contributed by atoms with Crippen molar-refractivity contribution >= 4 is 0 Å². The monoisotopic (exact) mass is 218 g/mol. The van der Waals surface area contributed by atoms with Gasteiger partial charge >= 0.3 is 0 Å². The Labute approximate surface area is 90.9 Å². The van der Waals surface area contributed by atoms with Crippen LogP contribution in [0.25, 0.3) is 0 Å². The highest BCUT2D eigenvalue weighted by molar-refractivity contribution is 5.02. The van der Waals surface area contributed by atoms with Crippen LogP contribution in [0.2, 0.25) is 0 Å². The molecule has 0 atom stereocenters. The molecule has 1 aliphatic rings. The Balaban J connectivity index is 1.83. The zero-order valence-electron chi connectivity index (χ0n) is 8.54. The predicted molar refractivity (Wildman–Crippen MR) is 53.9 cm³/mol. The summed E-state index contributed by atoms with van der Waals surface area (Å²) in [7, 11) is 0. The Bertz CT molecular complexity index is 556. The van der Waals surface area contributed by atoms with Gasteiger partial charge in [-0.15, -0.1) is 0 Å². The van der Waals surface area contributed by atoms with Gasteiger partial charge in [-0.2, -0.15) is 4.98 Å². The second kappa shape index (κ2) is 3.55. The van der Waals surface area contributed by atoms with Crippen LogP contribution in [0.1, 0.15) is 30.5 Å². The molecule has 0 bridgehead atoms. The molecule has 16 heavy (non-hydrogen) atoms. The lowest BCUT2D eigenvalue weighted by Gasteiger charge is -1.98. The minimum absolute atomic E-state index is 0.118. The van der Waals surface area contributed by atoms with Gasteiger partial charge in [0.2, 0.25) is 5.89 Å². The Kier molecular flexibility index (Phi) is 2.05.